The summed E-state index contributed by atoms with van der Waals surface area (Å²) in [6.07, 6.45) is 3.83. The SMILES string of the molecule is CCCCCC(=O)OCC.[K+].[OH-]. The van der Waals surface area contributed by atoms with Gasteiger partial charge in [0.1, 0.15) is 0 Å². The molecule has 0 saturated heterocycles. The summed E-state index contributed by atoms with van der Waals surface area (Å²) in [4.78, 5) is 10.7. The Labute approximate surface area is 117 Å². The molecule has 0 spiro atoms. The maximum atomic E-state index is 10.7. The Morgan fingerprint density at radius 2 is 1.83 bits per heavy atom. The summed E-state index contributed by atoms with van der Waals surface area (Å²) in [7, 11) is 0. The summed E-state index contributed by atoms with van der Waals surface area (Å²) in [5, 5.41) is 0. The van der Waals surface area contributed by atoms with E-state index in [0.717, 1.165) is 19.3 Å². The van der Waals surface area contributed by atoms with Crippen LogP contribution in [-0.2, 0) is 9.53 Å². The molecule has 0 saturated carbocycles. The van der Waals surface area contributed by atoms with Gasteiger partial charge in [0.15, 0.2) is 0 Å². The molecule has 0 atom stereocenters. The maximum Gasteiger partial charge on any atom is 1.00 e. The van der Waals surface area contributed by atoms with Crippen molar-refractivity contribution in [1.29, 1.82) is 0 Å². The average Bonchev–Trinajstić information content (AvgIpc) is 1.89. The number of unbranched alkanes of at least 4 members (excludes halogenated alkanes) is 2. The smallest absolute Gasteiger partial charge is 0.870 e. The molecule has 0 aliphatic rings. The zero-order valence-corrected chi connectivity index (χ0v) is 11.4. The molecule has 68 valence electrons. The van der Waals surface area contributed by atoms with Crippen LogP contribution in [0.1, 0.15) is 39.5 Å². The molecule has 3 nitrogen and oxygen atoms in total. The standard InChI is InChI=1S/C8H16O2.K.H2O/c1-3-5-6-7-8(9)10-4-2;;/h3-7H2,1-2H3;;1H2/q;+1;/p-1. The van der Waals surface area contributed by atoms with Crippen molar-refractivity contribution in [2.45, 2.75) is 39.5 Å². The topological polar surface area (TPSA) is 56.3 Å². The van der Waals surface area contributed by atoms with Crippen molar-refractivity contribution in [2.24, 2.45) is 0 Å². The molecule has 0 aliphatic carbocycles. The zero-order valence-electron chi connectivity index (χ0n) is 8.30. The molecule has 1 N–H and O–H groups in total. The number of hydrogen-bond donors (Lipinski definition) is 0. The van der Waals surface area contributed by atoms with E-state index in [-0.39, 0.29) is 62.8 Å². The minimum atomic E-state index is -0.0593. The molecule has 0 fully saturated rings. The fourth-order valence-corrected chi connectivity index (χ4v) is 0.752. The maximum absolute atomic E-state index is 10.7. The van der Waals surface area contributed by atoms with Crippen molar-refractivity contribution in [3.63, 3.8) is 0 Å². The van der Waals surface area contributed by atoms with E-state index in [1.807, 2.05) is 6.92 Å². The Bertz CT molecular complexity index is 96.3. The van der Waals surface area contributed by atoms with Gasteiger partial charge in [0.2, 0.25) is 0 Å². The van der Waals surface area contributed by atoms with Gasteiger partial charge in [-0.3, -0.25) is 4.79 Å². The monoisotopic (exact) mass is 200 g/mol. The van der Waals surface area contributed by atoms with Gasteiger partial charge in [0.05, 0.1) is 6.61 Å². The van der Waals surface area contributed by atoms with Gasteiger partial charge in [-0.05, 0) is 13.3 Å². The average molecular weight is 200 g/mol. The van der Waals surface area contributed by atoms with Crippen molar-refractivity contribution < 1.29 is 66.4 Å². The van der Waals surface area contributed by atoms with Crippen molar-refractivity contribution >= 4 is 5.97 Å². The van der Waals surface area contributed by atoms with Crippen LogP contribution in [0.25, 0.3) is 0 Å². The molecule has 0 bridgehead atoms. The van der Waals surface area contributed by atoms with Crippen molar-refractivity contribution in [3.05, 3.63) is 0 Å². The third kappa shape index (κ3) is 13.6. The molecule has 0 aliphatic heterocycles. The van der Waals surface area contributed by atoms with Crippen LogP contribution in [0.2, 0.25) is 0 Å². The van der Waals surface area contributed by atoms with Crippen LogP contribution in [0, 0.1) is 0 Å². The molecule has 0 aromatic heterocycles. The van der Waals surface area contributed by atoms with Crippen LogP contribution in [0.15, 0.2) is 0 Å². The van der Waals surface area contributed by atoms with E-state index in [0.29, 0.717) is 13.0 Å². The van der Waals surface area contributed by atoms with Gasteiger partial charge in [-0.2, -0.15) is 0 Å². The number of esters is 1. The molecular weight excluding hydrogens is 183 g/mol. The van der Waals surface area contributed by atoms with E-state index < -0.39 is 0 Å². The number of rotatable bonds is 5. The van der Waals surface area contributed by atoms with Crippen LogP contribution in [0.5, 0.6) is 0 Å². The fourth-order valence-electron chi connectivity index (χ4n) is 0.752. The Hall–Kier alpha value is 1.07. The minimum Gasteiger partial charge on any atom is -0.870 e. The molecule has 0 heterocycles. The Morgan fingerprint density at radius 1 is 1.25 bits per heavy atom. The van der Waals surface area contributed by atoms with Gasteiger partial charge in [-0.25, -0.2) is 0 Å². The molecule has 0 unspecified atom stereocenters. The Kier molecular flexibility index (Phi) is 22.8. The quantitative estimate of drug-likeness (QED) is 0.323. The summed E-state index contributed by atoms with van der Waals surface area (Å²) >= 11 is 0. The van der Waals surface area contributed by atoms with Gasteiger partial charge in [-0.1, -0.05) is 19.8 Å². The predicted octanol–water partition coefficient (Wildman–Crippen LogP) is -1.04. The first kappa shape index (κ1) is 18.8. The van der Waals surface area contributed by atoms with E-state index >= 15 is 0 Å². The van der Waals surface area contributed by atoms with Crippen LogP contribution < -0.4 is 51.4 Å². The second kappa shape index (κ2) is 14.6. The third-order valence-corrected chi connectivity index (χ3v) is 1.29. The third-order valence-electron chi connectivity index (χ3n) is 1.29. The molecule has 12 heavy (non-hydrogen) atoms. The molecule has 4 heteroatoms. The predicted molar refractivity (Wildman–Crippen MR) is 42.7 cm³/mol. The van der Waals surface area contributed by atoms with Gasteiger partial charge < -0.3 is 10.2 Å². The Balaban J connectivity index is -0.000000405. The second-order valence-electron chi connectivity index (χ2n) is 2.26. The van der Waals surface area contributed by atoms with Crippen LogP contribution in [0.4, 0.5) is 0 Å². The van der Waals surface area contributed by atoms with Crippen molar-refractivity contribution in [1.82, 2.24) is 0 Å². The Morgan fingerprint density at radius 3 is 2.25 bits per heavy atom. The molecule has 0 amide bonds. The first-order valence-corrected chi connectivity index (χ1v) is 3.96. The molecule has 0 rings (SSSR count). The first-order chi connectivity index (χ1) is 4.81. The molecule has 0 radical (unpaired) electrons. The minimum absolute atomic E-state index is 0. The van der Waals surface area contributed by atoms with Crippen LogP contribution in [0.3, 0.4) is 0 Å². The zero-order chi connectivity index (χ0) is 7.82. The van der Waals surface area contributed by atoms with Crippen molar-refractivity contribution in [2.75, 3.05) is 6.61 Å². The number of carbonyl (C=O) groups excluding carboxylic acids is 1. The van der Waals surface area contributed by atoms with Gasteiger partial charge >= 0.3 is 57.4 Å². The number of carbonyl (C=O) groups is 1. The van der Waals surface area contributed by atoms with Gasteiger partial charge in [0.25, 0.3) is 0 Å². The summed E-state index contributed by atoms with van der Waals surface area (Å²) < 4.78 is 4.75. The molecule has 0 aromatic carbocycles. The summed E-state index contributed by atoms with van der Waals surface area (Å²) in [6.45, 7) is 4.45. The normalized spacial score (nSPS) is 7.83. The fraction of sp³-hybridized carbons (Fsp3) is 0.875. The van der Waals surface area contributed by atoms with Crippen LogP contribution in [-0.4, -0.2) is 18.1 Å². The summed E-state index contributed by atoms with van der Waals surface area (Å²) in [5.74, 6) is -0.0593. The van der Waals surface area contributed by atoms with E-state index in [2.05, 4.69) is 6.92 Å². The molecule has 0 aromatic rings. The second-order valence-corrected chi connectivity index (χ2v) is 2.26. The number of ether oxygens (including phenoxy) is 1. The largest absolute Gasteiger partial charge is 1.00 e. The summed E-state index contributed by atoms with van der Waals surface area (Å²) in [6, 6.07) is 0. The first-order valence-electron chi connectivity index (χ1n) is 3.96. The van der Waals surface area contributed by atoms with Crippen molar-refractivity contribution in [3.8, 4) is 0 Å². The van der Waals surface area contributed by atoms with Gasteiger partial charge in [0, 0.05) is 6.42 Å². The van der Waals surface area contributed by atoms with Crippen LogP contribution >= 0.6 is 0 Å². The van der Waals surface area contributed by atoms with E-state index in [9.17, 15) is 4.79 Å². The van der Waals surface area contributed by atoms with E-state index in [1.165, 1.54) is 0 Å². The number of hydrogen-bond acceptors (Lipinski definition) is 3. The van der Waals surface area contributed by atoms with E-state index in [4.69, 9.17) is 4.74 Å². The molecular formula is C8H17KO3. The van der Waals surface area contributed by atoms with Gasteiger partial charge in [-0.15, -0.1) is 0 Å². The summed E-state index contributed by atoms with van der Waals surface area (Å²) in [5.41, 5.74) is 0. The van der Waals surface area contributed by atoms with E-state index in [1.54, 1.807) is 0 Å².